The van der Waals surface area contributed by atoms with Crippen molar-refractivity contribution in [2.24, 2.45) is 17.3 Å². The van der Waals surface area contributed by atoms with Crippen LogP contribution >= 0.6 is 0 Å². The van der Waals surface area contributed by atoms with E-state index in [0.717, 1.165) is 42.7 Å². The normalized spacial score (nSPS) is 31.5. The maximum atomic E-state index is 10.7. The Balaban J connectivity index is 1.44. The molecule has 0 aliphatic heterocycles. The van der Waals surface area contributed by atoms with Gasteiger partial charge in [-0.1, -0.05) is 37.3 Å². The molecule has 0 unspecified atom stereocenters. The van der Waals surface area contributed by atoms with Crippen molar-refractivity contribution in [2.75, 3.05) is 13.9 Å². The van der Waals surface area contributed by atoms with Gasteiger partial charge in [0.25, 0.3) is 0 Å². The van der Waals surface area contributed by atoms with Crippen LogP contribution in [0.3, 0.4) is 0 Å². The van der Waals surface area contributed by atoms with Crippen LogP contribution in [-0.4, -0.2) is 25.1 Å². The molecule has 2 fully saturated rings. The lowest BCUT2D eigenvalue weighted by Gasteiger charge is -2.50. The van der Waals surface area contributed by atoms with E-state index in [-0.39, 0.29) is 18.3 Å². The molecule has 0 radical (unpaired) electrons. The highest BCUT2D eigenvalue weighted by molar-refractivity contribution is 5.50. The third-order valence-corrected chi connectivity index (χ3v) is 8.31. The number of hydrogen-bond donors (Lipinski definition) is 1. The molecule has 4 heteroatoms. The second-order valence-corrected chi connectivity index (χ2v) is 9.88. The zero-order valence-corrected chi connectivity index (χ0v) is 18.7. The minimum atomic E-state index is -0.130. The van der Waals surface area contributed by atoms with E-state index >= 15 is 0 Å². The van der Waals surface area contributed by atoms with Gasteiger partial charge in [-0.2, -0.15) is 0 Å². The van der Waals surface area contributed by atoms with Crippen molar-refractivity contribution in [1.82, 2.24) is 0 Å². The van der Waals surface area contributed by atoms with Crippen molar-refractivity contribution >= 4 is 0 Å². The van der Waals surface area contributed by atoms with E-state index < -0.39 is 0 Å². The van der Waals surface area contributed by atoms with Gasteiger partial charge in [-0.3, -0.25) is 0 Å². The van der Waals surface area contributed by atoms with Gasteiger partial charge in [0.05, 0.1) is 6.10 Å². The van der Waals surface area contributed by atoms with Gasteiger partial charge in [-0.05, 0) is 90.5 Å². The fourth-order valence-corrected chi connectivity index (χ4v) is 6.63. The average Bonchev–Trinajstić information content (AvgIpc) is 3.11. The highest BCUT2D eigenvalue weighted by atomic mass is 16.7. The molecule has 2 aromatic carbocycles. The van der Waals surface area contributed by atoms with Crippen molar-refractivity contribution < 1.29 is 19.3 Å². The summed E-state index contributed by atoms with van der Waals surface area (Å²) in [6, 6.07) is 14.7. The third-order valence-electron chi connectivity index (χ3n) is 8.31. The molecule has 0 aromatic heterocycles. The minimum Gasteiger partial charge on any atom is -0.485 e. The van der Waals surface area contributed by atoms with E-state index in [0.29, 0.717) is 24.4 Å². The van der Waals surface area contributed by atoms with E-state index in [1.54, 1.807) is 7.11 Å². The quantitative estimate of drug-likeness (QED) is 0.628. The largest absolute Gasteiger partial charge is 0.485 e. The molecule has 3 aliphatic rings. The Labute approximate surface area is 185 Å². The molecular weight excluding hydrogens is 388 g/mol. The van der Waals surface area contributed by atoms with Crippen LogP contribution < -0.4 is 9.47 Å². The molecule has 0 spiro atoms. The average molecular weight is 423 g/mol. The molecule has 1 N–H and O–H groups in total. The van der Waals surface area contributed by atoms with Gasteiger partial charge in [0, 0.05) is 7.11 Å². The maximum absolute atomic E-state index is 10.7. The molecule has 4 nitrogen and oxygen atoms in total. The second-order valence-electron chi connectivity index (χ2n) is 9.88. The Morgan fingerprint density at radius 1 is 1.00 bits per heavy atom. The first-order chi connectivity index (χ1) is 15.1. The first kappa shape index (κ1) is 20.8. The van der Waals surface area contributed by atoms with E-state index in [1.165, 1.54) is 24.0 Å². The topological polar surface area (TPSA) is 47.9 Å². The smallest absolute Gasteiger partial charge is 0.188 e. The molecule has 0 heterocycles. The number of aliphatic hydroxyl groups excluding tert-OH is 1. The highest BCUT2D eigenvalue weighted by Crippen LogP contribution is 2.61. The standard InChI is InChI=1S/C27H34O4/c1-27-13-12-20-21(23(27)10-11-26(27)28)9-8-19-14-24(31-17-29-2)25(15-22(19)20)30-16-18-6-4-3-5-7-18/h3-7,14-15,20-21,23,26,28H,8-13,16-17H2,1-2H3/t20-,21+,23-,26-,27-/m0/s1. The van der Waals surface area contributed by atoms with Gasteiger partial charge < -0.3 is 19.3 Å². The van der Waals surface area contributed by atoms with Crippen LogP contribution in [0.25, 0.3) is 0 Å². The molecule has 0 amide bonds. The highest BCUT2D eigenvalue weighted by Gasteiger charge is 2.54. The summed E-state index contributed by atoms with van der Waals surface area (Å²) in [5.41, 5.74) is 4.07. The minimum absolute atomic E-state index is 0.104. The Morgan fingerprint density at radius 2 is 1.81 bits per heavy atom. The number of rotatable bonds is 6. The van der Waals surface area contributed by atoms with Crippen LogP contribution in [0.4, 0.5) is 0 Å². The molecule has 0 bridgehead atoms. The fraction of sp³-hybridized carbons (Fsp3) is 0.556. The molecule has 5 rings (SSSR count). The van der Waals surface area contributed by atoms with Crippen LogP contribution in [0.5, 0.6) is 11.5 Å². The first-order valence-corrected chi connectivity index (χ1v) is 11.7. The van der Waals surface area contributed by atoms with Gasteiger partial charge in [0.2, 0.25) is 0 Å². The van der Waals surface area contributed by atoms with Crippen molar-refractivity contribution in [3.05, 3.63) is 59.2 Å². The van der Waals surface area contributed by atoms with Crippen molar-refractivity contribution in [3.63, 3.8) is 0 Å². The Bertz CT molecular complexity index is 911. The molecule has 2 aromatic rings. The Morgan fingerprint density at radius 3 is 2.61 bits per heavy atom. The number of benzene rings is 2. The van der Waals surface area contributed by atoms with Gasteiger partial charge in [-0.15, -0.1) is 0 Å². The summed E-state index contributed by atoms with van der Waals surface area (Å²) >= 11 is 0. The molecule has 5 atom stereocenters. The number of ether oxygens (including phenoxy) is 3. The summed E-state index contributed by atoms with van der Waals surface area (Å²) in [5.74, 6) is 3.43. The third kappa shape index (κ3) is 3.74. The van der Waals surface area contributed by atoms with Crippen LogP contribution in [0.1, 0.15) is 61.6 Å². The van der Waals surface area contributed by atoms with Crippen LogP contribution in [0.15, 0.2) is 42.5 Å². The fourth-order valence-electron chi connectivity index (χ4n) is 6.63. The summed E-state index contributed by atoms with van der Waals surface area (Å²) < 4.78 is 17.3. The summed E-state index contributed by atoms with van der Waals surface area (Å²) in [7, 11) is 1.64. The number of aryl methyl sites for hydroxylation is 1. The lowest BCUT2D eigenvalue weighted by Crippen LogP contribution is -2.43. The first-order valence-electron chi connectivity index (χ1n) is 11.7. The number of methoxy groups -OCH3 is 1. The maximum Gasteiger partial charge on any atom is 0.188 e. The van der Waals surface area contributed by atoms with E-state index in [1.807, 2.05) is 18.2 Å². The SMILES string of the molecule is COCOc1cc2c(cc1OCc1ccccc1)[C@H]1CC[C@]3(C)[C@@H](O)CC[C@H]3[C@@H]1CC2. The van der Waals surface area contributed by atoms with Crippen molar-refractivity contribution in [1.29, 1.82) is 0 Å². The van der Waals surface area contributed by atoms with Gasteiger partial charge in [0.15, 0.2) is 18.3 Å². The lowest BCUT2D eigenvalue weighted by atomic mass is 9.55. The van der Waals surface area contributed by atoms with Gasteiger partial charge in [0.1, 0.15) is 6.61 Å². The number of fused-ring (bicyclic) bond motifs is 5. The molecule has 3 aliphatic carbocycles. The van der Waals surface area contributed by atoms with Crippen LogP contribution in [0, 0.1) is 17.3 Å². The number of aliphatic hydroxyl groups is 1. The van der Waals surface area contributed by atoms with E-state index in [4.69, 9.17) is 14.2 Å². The van der Waals surface area contributed by atoms with Crippen LogP contribution in [-0.2, 0) is 17.8 Å². The lowest BCUT2D eigenvalue weighted by molar-refractivity contribution is -0.0227. The number of hydrogen-bond acceptors (Lipinski definition) is 4. The second kappa shape index (κ2) is 8.48. The van der Waals surface area contributed by atoms with E-state index in [2.05, 4.69) is 31.2 Å². The predicted octanol–water partition coefficient (Wildman–Crippen LogP) is 5.47. The van der Waals surface area contributed by atoms with Crippen molar-refractivity contribution in [3.8, 4) is 11.5 Å². The van der Waals surface area contributed by atoms with Gasteiger partial charge >= 0.3 is 0 Å². The Hall–Kier alpha value is -2.04. The summed E-state index contributed by atoms with van der Waals surface area (Å²) in [6.07, 6.45) is 6.54. The molecule has 166 valence electrons. The van der Waals surface area contributed by atoms with Crippen LogP contribution in [0.2, 0.25) is 0 Å². The predicted molar refractivity (Wildman–Crippen MR) is 120 cm³/mol. The Kier molecular flexibility index (Phi) is 5.70. The molecule has 0 saturated heterocycles. The van der Waals surface area contributed by atoms with E-state index in [9.17, 15) is 5.11 Å². The molecule has 2 saturated carbocycles. The zero-order chi connectivity index (χ0) is 21.4. The summed E-state index contributed by atoms with van der Waals surface area (Å²) in [4.78, 5) is 0. The van der Waals surface area contributed by atoms with Crippen molar-refractivity contribution in [2.45, 2.75) is 64.1 Å². The van der Waals surface area contributed by atoms with Gasteiger partial charge in [-0.25, -0.2) is 0 Å². The summed E-state index contributed by atoms with van der Waals surface area (Å²) in [5, 5.41) is 10.7. The zero-order valence-electron chi connectivity index (χ0n) is 18.7. The summed E-state index contributed by atoms with van der Waals surface area (Å²) in [6.45, 7) is 3.06. The monoisotopic (exact) mass is 422 g/mol. The molecular formula is C27H34O4. The molecule has 31 heavy (non-hydrogen) atoms.